The smallest absolute Gasteiger partial charge is 0.307 e. The zero-order chi connectivity index (χ0) is 13.1. The van der Waals surface area contributed by atoms with Gasteiger partial charge in [0.25, 0.3) is 0 Å². The second kappa shape index (κ2) is 5.44. The second-order valence-electron chi connectivity index (χ2n) is 4.35. The van der Waals surface area contributed by atoms with Crippen LogP contribution in [0.5, 0.6) is 0 Å². The van der Waals surface area contributed by atoms with Gasteiger partial charge in [-0.1, -0.05) is 0 Å². The van der Waals surface area contributed by atoms with Gasteiger partial charge in [0.05, 0.1) is 11.8 Å². The van der Waals surface area contributed by atoms with E-state index in [9.17, 15) is 9.59 Å². The molecule has 0 spiro atoms. The Balaban J connectivity index is 1.96. The summed E-state index contributed by atoms with van der Waals surface area (Å²) in [6.07, 6.45) is 3.24. The molecule has 0 saturated heterocycles. The van der Waals surface area contributed by atoms with E-state index in [-0.39, 0.29) is 11.8 Å². The van der Waals surface area contributed by atoms with Crippen molar-refractivity contribution in [3.63, 3.8) is 0 Å². The molecule has 1 aliphatic carbocycles. The monoisotopic (exact) mass is 265 g/mol. The number of thioether (sulfide) groups is 1. The number of carbonyl (C=O) groups is 2. The van der Waals surface area contributed by atoms with E-state index < -0.39 is 11.9 Å². The number of carboxylic acid groups (broad SMARTS) is 1. The van der Waals surface area contributed by atoms with Gasteiger partial charge in [0, 0.05) is 10.6 Å². The Bertz CT molecular complexity index is 458. The molecule has 1 amide bonds. The highest BCUT2D eigenvalue weighted by atomic mass is 32.2. The molecule has 1 aromatic rings. The van der Waals surface area contributed by atoms with Gasteiger partial charge in [-0.2, -0.15) is 0 Å². The van der Waals surface area contributed by atoms with Crippen molar-refractivity contribution in [2.45, 2.75) is 17.7 Å². The first-order valence-corrected chi connectivity index (χ1v) is 7.02. The van der Waals surface area contributed by atoms with Gasteiger partial charge in [-0.25, -0.2) is 0 Å². The minimum absolute atomic E-state index is 0.189. The van der Waals surface area contributed by atoms with Crippen molar-refractivity contribution >= 4 is 29.3 Å². The summed E-state index contributed by atoms with van der Waals surface area (Å²) in [7, 11) is 0. The summed E-state index contributed by atoms with van der Waals surface area (Å²) in [5.74, 6) is -1.97. The summed E-state index contributed by atoms with van der Waals surface area (Å²) in [4.78, 5) is 23.9. The fourth-order valence-electron chi connectivity index (χ4n) is 2.02. The Labute approximate surface area is 110 Å². The third-order valence-corrected chi connectivity index (χ3v) is 4.03. The van der Waals surface area contributed by atoms with E-state index in [0.717, 1.165) is 4.90 Å². The molecule has 1 aromatic carbocycles. The van der Waals surface area contributed by atoms with Crippen LogP contribution in [0.3, 0.4) is 0 Å². The van der Waals surface area contributed by atoms with Crippen LogP contribution in [0.25, 0.3) is 0 Å². The molecule has 2 unspecified atom stereocenters. The lowest BCUT2D eigenvalue weighted by Crippen LogP contribution is -2.41. The summed E-state index contributed by atoms with van der Waals surface area (Å²) in [6, 6.07) is 7.52. The highest BCUT2D eigenvalue weighted by molar-refractivity contribution is 7.98. The van der Waals surface area contributed by atoms with Crippen molar-refractivity contribution < 1.29 is 14.7 Å². The zero-order valence-corrected chi connectivity index (χ0v) is 10.9. The van der Waals surface area contributed by atoms with Crippen LogP contribution in [-0.2, 0) is 9.59 Å². The predicted octanol–water partition coefficient (Wildman–Crippen LogP) is 2.46. The Morgan fingerprint density at radius 2 is 1.83 bits per heavy atom. The summed E-state index contributed by atoms with van der Waals surface area (Å²) >= 11 is 1.63. The molecule has 0 bridgehead atoms. The Morgan fingerprint density at radius 1 is 1.22 bits per heavy atom. The molecule has 18 heavy (non-hydrogen) atoms. The molecule has 2 atom stereocenters. The van der Waals surface area contributed by atoms with Gasteiger partial charge in [-0.3, -0.25) is 9.59 Å². The maximum atomic E-state index is 11.9. The fourth-order valence-corrected chi connectivity index (χ4v) is 2.43. The number of hydrogen-bond acceptors (Lipinski definition) is 3. The number of anilines is 1. The average Bonchev–Trinajstić information content (AvgIpc) is 2.27. The molecule has 1 saturated carbocycles. The number of carboxylic acids is 1. The van der Waals surface area contributed by atoms with E-state index in [2.05, 4.69) is 5.32 Å². The maximum Gasteiger partial charge on any atom is 0.307 e. The predicted molar refractivity (Wildman–Crippen MR) is 70.7 cm³/mol. The molecule has 0 aromatic heterocycles. The van der Waals surface area contributed by atoms with Crippen molar-refractivity contribution in [3.8, 4) is 0 Å². The van der Waals surface area contributed by atoms with Crippen molar-refractivity contribution in [2.75, 3.05) is 11.6 Å². The van der Waals surface area contributed by atoms with E-state index in [4.69, 9.17) is 5.11 Å². The molecule has 2 N–H and O–H groups in total. The number of nitrogens with one attached hydrogen (secondary N) is 1. The first-order chi connectivity index (χ1) is 8.61. The van der Waals surface area contributed by atoms with Crippen LogP contribution in [-0.4, -0.2) is 23.2 Å². The van der Waals surface area contributed by atoms with Crippen molar-refractivity contribution in [3.05, 3.63) is 24.3 Å². The van der Waals surface area contributed by atoms with E-state index in [1.807, 2.05) is 30.5 Å². The number of hydrogen-bond donors (Lipinski definition) is 2. The second-order valence-corrected chi connectivity index (χ2v) is 5.23. The van der Waals surface area contributed by atoms with Gasteiger partial charge in [0.2, 0.25) is 5.91 Å². The van der Waals surface area contributed by atoms with Gasteiger partial charge < -0.3 is 10.4 Å². The van der Waals surface area contributed by atoms with Crippen LogP contribution in [0.2, 0.25) is 0 Å². The quantitative estimate of drug-likeness (QED) is 0.821. The van der Waals surface area contributed by atoms with Gasteiger partial charge in [-0.05, 0) is 43.4 Å². The van der Waals surface area contributed by atoms with Gasteiger partial charge in [0.15, 0.2) is 0 Å². The fraction of sp³-hybridized carbons (Fsp3) is 0.385. The van der Waals surface area contributed by atoms with Crippen molar-refractivity contribution in [2.24, 2.45) is 11.8 Å². The summed E-state index contributed by atoms with van der Waals surface area (Å²) in [5, 5.41) is 11.7. The van der Waals surface area contributed by atoms with Crippen molar-refractivity contribution in [1.29, 1.82) is 0 Å². The van der Waals surface area contributed by atoms with Gasteiger partial charge >= 0.3 is 5.97 Å². The minimum atomic E-state index is -0.876. The molecule has 96 valence electrons. The van der Waals surface area contributed by atoms with Crippen molar-refractivity contribution in [1.82, 2.24) is 0 Å². The topological polar surface area (TPSA) is 66.4 Å². The SMILES string of the molecule is CSc1ccc(NC(=O)C2CCC2C(=O)O)cc1. The molecular weight excluding hydrogens is 250 g/mol. The normalized spacial score (nSPS) is 22.1. The van der Waals surface area contributed by atoms with E-state index in [1.165, 1.54) is 0 Å². The number of rotatable bonds is 4. The molecule has 5 heteroatoms. The summed E-state index contributed by atoms with van der Waals surface area (Å²) in [6.45, 7) is 0. The lowest BCUT2D eigenvalue weighted by molar-refractivity contribution is -0.151. The van der Waals surface area contributed by atoms with Gasteiger partial charge in [-0.15, -0.1) is 11.8 Å². The summed E-state index contributed by atoms with van der Waals surface area (Å²) < 4.78 is 0. The number of carbonyl (C=O) groups excluding carboxylic acids is 1. The molecular formula is C13H15NO3S. The Kier molecular flexibility index (Phi) is 3.91. The first kappa shape index (κ1) is 13.0. The van der Waals surface area contributed by atoms with Gasteiger partial charge in [0.1, 0.15) is 0 Å². The molecule has 1 fully saturated rings. The molecule has 0 aliphatic heterocycles. The third kappa shape index (κ3) is 2.67. The van der Waals surface area contributed by atoms with E-state index in [1.54, 1.807) is 11.8 Å². The third-order valence-electron chi connectivity index (χ3n) is 3.29. The number of amides is 1. The summed E-state index contributed by atoms with van der Waals surface area (Å²) in [5.41, 5.74) is 0.717. The maximum absolute atomic E-state index is 11.9. The molecule has 0 heterocycles. The van der Waals surface area contributed by atoms with Crippen LogP contribution in [0.15, 0.2) is 29.2 Å². The highest BCUT2D eigenvalue weighted by Crippen LogP contribution is 2.35. The minimum Gasteiger partial charge on any atom is -0.481 e. The van der Waals surface area contributed by atoms with Crippen LogP contribution in [0.1, 0.15) is 12.8 Å². The lowest BCUT2D eigenvalue weighted by atomic mass is 9.73. The zero-order valence-electron chi connectivity index (χ0n) is 10.1. The standard InChI is InChI=1S/C13H15NO3S/c1-18-9-4-2-8(3-5-9)14-12(15)10-6-7-11(10)13(16)17/h2-5,10-11H,6-7H2,1H3,(H,14,15)(H,16,17). The highest BCUT2D eigenvalue weighted by Gasteiger charge is 2.41. The van der Waals surface area contributed by atoms with Crippen LogP contribution < -0.4 is 5.32 Å². The van der Waals surface area contributed by atoms with Crippen LogP contribution in [0.4, 0.5) is 5.69 Å². The van der Waals surface area contributed by atoms with Crippen LogP contribution >= 0.6 is 11.8 Å². The number of benzene rings is 1. The molecule has 4 nitrogen and oxygen atoms in total. The molecule has 0 radical (unpaired) electrons. The Morgan fingerprint density at radius 3 is 2.28 bits per heavy atom. The molecule has 2 rings (SSSR count). The molecule has 1 aliphatic rings. The Hall–Kier alpha value is -1.49. The largest absolute Gasteiger partial charge is 0.481 e. The lowest BCUT2D eigenvalue weighted by Gasteiger charge is -2.31. The number of aliphatic carboxylic acids is 1. The van der Waals surface area contributed by atoms with Crippen LogP contribution in [0, 0.1) is 11.8 Å². The first-order valence-electron chi connectivity index (χ1n) is 5.79. The van der Waals surface area contributed by atoms with E-state index in [0.29, 0.717) is 18.5 Å². The average molecular weight is 265 g/mol. The van der Waals surface area contributed by atoms with E-state index >= 15 is 0 Å².